The predicted molar refractivity (Wildman–Crippen MR) is 126 cm³/mol. The fraction of sp³-hybridized carbons (Fsp3) is 0.120. The molecule has 0 atom stereocenters. The second-order valence-corrected chi connectivity index (χ2v) is 8.16. The zero-order valence-corrected chi connectivity index (χ0v) is 18.7. The Bertz CT molecular complexity index is 1370. The summed E-state index contributed by atoms with van der Waals surface area (Å²) >= 11 is 1.59. The van der Waals surface area contributed by atoms with Crippen LogP contribution < -0.4 is 9.47 Å². The summed E-state index contributed by atoms with van der Waals surface area (Å²) in [6, 6.07) is 18.0. The lowest BCUT2D eigenvalue weighted by atomic mass is 10.0. The second kappa shape index (κ2) is 8.36. The molecule has 5 rings (SSSR count). The van der Waals surface area contributed by atoms with Gasteiger partial charge in [0.15, 0.2) is 11.5 Å². The van der Waals surface area contributed by atoms with E-state index in [-0.39, 0.29) is 0 Å². The van der Waals surface area contributed by atoms with E-state index in [0.29, 0.717) is 23.2 Å². The molecule has 0 amide bonds. The monoisotopic (exact) mass is 443 g/mol. The fourth-order valence-electron chi connectivity index (χ4n) is 3.67. The van der Waals surface area contributed by atoms with Gasteiger partial charge >= 0.3 is 0 Å². The number of ether oxygens (including phenoxy) is 2. The van der Waals surface area contributed by atoms with Gasteiger partial charge in [0.25, 0.3) is 5.89 Å². The summed E-state index contributed by atoms with van der Waals surface area (Å²) in [6.07, 6.45) is 4.05. The molecule has 0 saturated carbocycles. The molecule has 0 bridgehead atoms. The van der Waals surface area contributed by atoms with Crippen LogP contribution in [0, 0.1) is 6.92 Å². The number of hydrogen-bond donors (Lipinski definition) is 0. The van der Waals surface area contributed by atoms with E-state index in [4.69, 9.17) is 19.0 Å². The van der Waals surface area contributed by atoms with Gasteiger partial charge in [-0.2, -0.15) is 4.98 Å². The summed E-state index contributed by atoms with van der Waals surface area (Å²) in [4.78, 5) is 5.61. The molecular weight excluding hydrogens is 422 g/mol. The third kappa shape index (κ3) is 3.56. The van der Waals surface area contributed by atoms with E-state index in [1.54, 1.807) is 25.6 Å². The third-order valence-electron chi connectivity index (χ3n) is 5.22. The molecule has 6 nitrogen and oxygen atoms in total. The minimum atomic E-state index is 0.474. The van der Waals surface area contributed by atoms with Crippen molar-refractivity contribution in [3.8, 4) is 50.5 Å². The van der Waals surface area contributed by atoms with Crippen molar-refractivity contribution < 1.29 is 14.0 Å². The van der Waals surface area contributed by atoms with Crippen molar-refractivity contribution in [3.05, 3.63) is 77.9 Å². The minimum absolute atomic E-state index is 0.474. The average Bonchev–Trinajstić information content (AvgIpc) is 3.58. The first-order chi connectivity index (χ1) is 15.7. The van der Waals surface area contributed by atoms with Gasteiger partial charge in [0.05, 0.1) is 19.9 Å². The summed E-state index contributed by atoms with van der Waals surface area (Å²) in [5.74, 6) is 2.23. The highest BCUT2D eigenvalue weighted by atomic mass is 32.1. The summed E-state index contributed by atoms with van der Waals surface area (Å²) in [6.45, 7) is 2.10. The van der Waals surface area contributed by atoms with Gasteiger partial charge in [-0.1, -0.05) is 35.0 Å². The average molecular weight is 444 g/mol. The molecule has 0 unspecified atom stereocenters. The molecule has 5 aromatic rings. The van der Waals surface area contributed by atoms with Crippen molar-refractivity contribution in [1.29, 1.82) is 0 Å². The van der Waals surface area contributed by atoms with Crippen molar-refractivity contribution in [2.45, 2.75) is 6.92 Å². The van der Waals surface area contributed by atoms with Gasteiger partial charge in [-0.05, 0) is 42.8 Å². The first-order valence-electron chi connectivity index (χ1n) is 10.1. The number of hydrogen-bond acceptors (Lipinski definition) is 6. The maximum Gasteiger partial charge on any atom is 0.270 e. The van der Waals surface area contributed by atoms with Crippen LogP contribution in [0.5, 0.6) is 11.5 Å². The second-order valence-electron chi connectivity index (χ2n) is 7.28. The van der Waals surface area contributed by atoms with Crippen LogP contribution in [-0.2, 0) is 0 Å². The Morgan fingerprint density at radius 3 is 2.47 bits per heavy atom. The van der Waals surface area contributed by atoms with Crippen LogP contribution in [0.3, 0.4) is 0 Å². The van der Waals surface area contributed by atoms with E-state index in [1.807, 2.05) is 42.7 Å². The van der Waals surface area contributed by atoms with Gasteiger partial charge in [0.2, 0.25) is 5.82 Å². The summed E-state index contributed by atoms with van der Waals surface area (Å²) in [5, 5.41) is 6.37. The molecule has 7 heteroatoms. The van der Waals surface area contributed by atoms with Crippen molar-refractivity contribution in [1.82, 2.24) is 14.7 Å². The predicted octanol–water partition coefficient (Wildman–Crippen LogP) is 6.25. The standard InChI is InChI=1S/C25H21N3O3S/c1-16-7-6-8-17(13-16)19-15-32-23(22(19)28-11-4-5-12-28)25-26-24(27-31-25)18-9-10-20(29-2)21(14-18)30-3/h4-15H,1-3H3. The Morgan fingerprint density at radius 1 is 0.906 bits per heavy atom. The molecule has 0 aliphatic carbocycles. The van der Waals surface area contributed by atoms with Crippen molar-refractivity contribution in [3.63, 3.8) is 0 Å². The SMILES string of the molecule is COc1ccc(-c2noc(-c3scc(-c4cccc(C)c4)c3-n3cccc3)n2)cc1OC. The summed E-state index contributed by atoms with van der Waals surface area (Å²) in [5.41, 5.74) is 5.29. The summed E-state index contributed by atoms with van der Waals surface area (Å²) < 4.78 is 18.5. The molecule has 3 heterocycles. The van der Waals surface area contributed by atoms with Gasteiger partial charge in [-0.15, -0.1) is 11.3 Å². The number of benzene rings is 2. The molecule has 32 heavy (non-hydrogen) atoms. The van der Waals surface area contributed by atoms with Gasteiger partial charge in [0, 0.05) is 28.9 Å². The van der Waals surface area contributed by atoms with Gasteiger partial charge in [-0.25, -0.2) is 0 Å². The first kappa shape index (κ1) is 20.1. The van der Waals surface area contributed by atoms with E-state index in [9.17, 15) is 0 Å². The Balaban J connectivity index is 1.60. The number of nitrogens with zero attached hydrogens (tertiary/aromatic N) is 3. The molecule has 0 spiro atoms. The lowest BCUT2D eigenvalue weighted by Crippen LogP contribution is -1.93. The maximum absolute atomic E-state index is 5.71. The Kier molecular flexibility index (Phi) is 5.25. The molecular formula is C25H21N3O3S. The number of aryl methyl sites for hydroxylation is 1. The van der Waals surface area contributed by atoms with Gasteiger partial charge in [-0.3, -0.25) is 0 Å². The highest BCUT2D eigenvalue weighted by Gasteiger charge is 2.22. The largest absolute Gasteiger partial charge is 0.493 e. The molecule has 0 aliphatic heterocycles. The number of methoxy groups -OCH3 is 2. The molecule has 3 aromatic heterocycles. The van der Waals surface area contributed by atoms with Crippen LogP contribution in [0.4, 0.5) is 0 Å². The Labute approximate surface area is 189 Å². The minimum Gasteiger partial charge on any atom is -0.493 e. The molecule has 160 valence electrons. The Hall–Kier alpha value is -3.84. The van der Waals surface area contributed by atoms with E-state index >= 15 is 0 Å². The van der Waals surface area contributed by atoms with Crippen LogP contribution in [-0.4, -0.2) is 28.9 Å². The van der Waals surface area contributed by atoms with Crippen molar-refractivity contribution >= 4 is 11.3 Å². The summed E-state index contributed by atoms with van der Waals surface area (Å²) in [7, 11) is 3.21. The zero-order valence-electron chi connectivity index (χ0n) is 17.9. The van der Waals surface area contributed by atoms with Crippen LogP contribution >= 0.6 is 11.3 Å². The highest BCUT2D eigenvalue weighted by molar-refractivity contribution is 7.14. The zero-order chi connectivity index (χ0) is 22.1. The molecule has 0 radical (unpaired) electrons. The van der Waals surface area contributed by atoms with E-state index in [0.717, 1.165) is 27.3 Å². The van der Waals surface area contributed by atoms with Gasteiger partial charge in [0.1, 0.15) is 4.88 Å². The maximum atomic E-state index is 5.71. The van der Waals surface area contributed by atoms with Crippen LogP contribution in [0.1, 0.15) is 5.56 Å². The van der Waals surface area contributed by atoms with Gasteiger partial charge < -0.3 is 18.6 Å². The third-order valence-corrected chi connectivity index (χ3v) is 6.18. The smallest absolute Gasteiger partial charge is 0.270 e. The topological polar surface area (TPSA) is 62.3 Å². The number of thiophene rings is 1. The van der Waals surface area contributed by atoms with Crippen LogP contribution in [0.2, 0.25) is 0 Å². The fourth-order valence-corrected chi connectivity index (χ4v) is 4.66. The van der Waals surface area contributed by atoms with E-state index < -0.39 is 0 Å². The Morgan fingerprint density at radius 2 is 1.72 bits per heavy atom. The number of aromatic nitrogens is 3. The van der Waals surface area contributed by atoms with Crippen molar-refractivity contribution in [2.24, 2.45) is 0 Å². The molecule has 2 aromatic carbocycles. The number of rotatable bonds is 6. The van der Waals surface area contributed by atoms with Crippen LogP contribution in [0.15, 0.2) is 76.9 Å². The lowest BCUT2D eigenvalue weighted by Gasteiger charge is -2.08. The normalized spacial score (nSPS) is 11.0. The molecule has 0 fully saturated rings. The first-order valence-corrected chi connectivity index (χ1v) is 10.9. The van der Waals surface area contributed by atoms with Crippen molar-refractivity contribution in [2.75, 3.05) is 14.2 Å². The van der Waals surface area contributed by atoms with Crippen LogP contribution in [0.25, 0.3) is 39.0 Å². The lowest BCUT2D eigenvalue weighted by molar-refractivity contribution is 0.355. The molecule has 0 saturated heterocycles. The quantitative estimate of drug-likeness (QED) is 0.310. The van der Waals surface area contributed by atoms with E-state index in [2.05, 4.69) is 46.3 Å². The van der Waals surface area contributed by atoms with E-state index in [1.165, 1.54) is 5.56 Å². The molecule has 0 aliphatic rings. The molecule has 0 N–H and O–H groups in total. The highest BCUT2D eigenvalue weighted by Crippen LogP contribution is 2.41.